The Kier molecular flexibility index (Phi) is 5.58. The van der Waals surface area contributed by atoms with Gasteiger partial charge in [0.1, 0.15) is 0 Å². The first kappa shape index (κ1) is 15.5. The molecule has 1 heterocycles. The SMILES string of the molecule is Cc1ccc(C(C)NCCN2CCN(C)CC2)cc1C. The maximum atomic E-state index is 3.65. The first-order chi connectivity index (χ1) is 9.56. The van der Waals surface area contributed by atoms with Gasteiger partial charge >= 0.3 is 0 Å². The minimum absolute atomic E-state index is 0.432. The molecule has 1 aliphatic rings. The highest BCUT2D eigenvalue weighted by molar-refractivity contribution is 5.31. The molecule has 0 saturated carbocycles. The highest BCUT2D eigenvalue weighted by atomic mass is 15.2. The molecule has 1 fully saturated rings. The van der Waals surface area contributed by atoms with Crippen molar-refractivity contribution in [3.05, 3.63) is 34.9 Å². The van der Waals surface area contributed by atoms with Gasteiger partial charge in [-0.25, -0.2) is 0 Å². The van der Waals surface area contributed by atoms with E-state index in [-0.39, 0.29) is 0 Å². The van der Waals surface area contributed by atoms with E-state index < -0.39 is 0 Å². The number of hydrogen-bond donors (Lipinski definition) is 1. The summed E-state index contributed by atoms with van der Waals surface area (Å²) >= 11 is 0. The van der Waals surface area contributed by atoms with Gasteiger partial charge in [0.25, 0.3) is 0 Å². The van der Waals surface area contributed by atoms with E-state index in [9.17, 15) is 0 Å². The highest BCUT2D eigenvalue weighted by Gasteiger charge is 2.13. The minimum atomic E-state index is 0.432. The van der Waals surface area contributed by atoms with E-state index in [1.807, 2.05) is 0 Å². The van der Waals surface area contributed by atoms with E-state index in [0.29, 0.717) is 6.04 Å². The molecule has 1 saturated heterocycles. The van der Waals surface area contributed by atoms with Gasteiger partial charge in [-0.2, -0.15) is 0 Å². The largest absolute Gasteiger partial charge is 0.309 e. The van der Waals surface area contributed by atoms with Gasteiger partial charge in [0, 0.05) is 45.3 Å². The van der Waals surface area contributed by atoms with Crippen LogP contribution in [0.3, 0.4) is 0 Å². The molecular weight excluding hydrogens is 246 g/mol. The number of likely N-dealkylation sites (N-methyl/N-ethyl adjacent to an activating group) is 1. The summed E-state index contributed by atoms with van der Waals surface area (Å²) in [5.74, 6) is 0. The summed E-state index contributed by atoms with van der Waals surface area (Å²) in [4.78, 5) is 4.96. The molecule has 3 nitrogen and oxygen atoms in total. The van der Waals surface area contributed by atoms with Gasteiger partial charge in [-0.15, -0.1) is 0 Å². The Morgan fingerprint density at radius 1 is 1.10 bits per heavy atom. The molecule has 0 bridgehead atoms. The second-order valence-corrected chi connectivity index (χ2v) is 6.16. The van der Waals surface area contributed by atoms with Crippen LogP contribution in [0.5, 0.6) is 0 Å². The fourth-order valence-corrected chi connectivity index (χ4v) is 2.66. The smallest absolute Gasteiger partial charge is 0.0292 e. The lowest BCUT2D eigenvalue weighted by Gasteiger charge is -2.32. The molecule has 112 valence electrons. The Morgan fingerprint density at radius 3 is 2.45 bits per heavy atom. The maximum absolute atomic E-state index is 3.65. The molecule has 0 aliphatic carbocycles. The Morgan fingerprint density at radius 2 is 1.80 bits per heavy atom. The number of rotatable bonds is 5. The summed E-state index contributed by atoms with van der Waals surface area (Å²) in [6.45, 7) is 13.7. The molecule has 1 atom stereocenters. The topological polar surface area (TPSA) is 18.5 Å². The summed E-state index contributed by atoms with van der Waals surface area (Å²) in [5.41, 5.74) is 4.15. The van der Waals surface area contributed by atoms with E-state index in [4.69, 9.17) is 0 Å². The van der Waals surface area contributed by atoms with Gasteiger partial charge in [-0.3, -0.25) is 4.90 Å². The number of benzene rings is 1. The molecule has 1 N–H and O–H groups in total. The van der Waals surface area contributed by atoms with Crippen LogP contribution in [0, 0.1) is 13.8 Å². The van der Waals surface area contributed by atoms with Crippen molar-refractivity contribution >= 4 is 0 Å². The van der Waals surface area contributed by atoms with Gasteiger partial charge in [0.15, 0.2) is 0 Å². The van der Waals surface area contributed by atoms with Crippen LogP contribution < -0.4 is 5.32 Å². The Balaban J connectivity index is 1.74. The quantitative estimate of drug-likeness (QED) is 0.889. The van der Waals surface area contributed by atoms with Crippen LogP contribution in [-0.2, 0) is 0 Å². The third-order valence-corrected chi connectivity index (χ3v) is 4.51. The summed E-state index contributed by atoms with van der Waals surface area (Å²) in [6.07, 6.45) is 0. The molecule has 0 spiro atoms. The van der Waals surface area contributed by atoms with Crippen LogP contribution in [-0.4, -0.2) is 56.1 Å². The van der Waals surface area contributed by atoms with E-state index in [1.165, 1.54) is 42.9 Å². The molecule has 1 aromatic rings. The van der Waals surface area contributed by atoms with Crippen LogP contribution in [0.15, 0.2) is 18.2 Å². The zero-order valence-electron chi connectivity index (χ0n) is 13.4. The second kappa shape index (κ2) is 7.21. The zero-order chi connectivity index (χ0) is 14.5. The molecular formula is C17H29N3. The third kappa shape index (κ3) is 4.30. The molecule has 3 heteroatoms. The Bertz CT molecular complexity index is 422. The van der Waals surface area contributed by atoms with Crippen molar-refractivity contribution in [3.63, 3.8) is 0 Å². The van der Waals surface area contributed by atoms with Gasteiger partial charge < -0.3 is 10.2 Å². The van der Waals surface area contributed by atoms with Crippen molar-refractivity contribution < 1.29 is 0 Å². The normalized spacial score (nSPS) is 19.2. The lowest BCUT2D eigenvalue weighted by Crippen LogP contribution is -2.46. The van der Waals surface area contributed by atoms with Gasteiger partial charge in [-0.05, 0) is 44.5 Å². The number of piperazine rings is 1. The average Bonchev–Trinajstić information content (AvgIpc) is 2.44. The van der Waals surface area contributed by atoms with Crippen LogP contribution in [0.2, 0.25) is 0 Å². The average molecular weight is 275 g/mol. The molecule has 1 aliphatic heterocycles. The first-order valence-electron chi connectivity index (χ1n) is 7.77. The second-order valence-electron chi connectivity index (χ2n) is 6.16. The molecule has 0 radical (unpaired) electrons. The third-order valence-electron chi connectivity index (χ3n) is 4.51. The Labute approximate surface area is 124 Å². The number of nitrogens with zero attached hydrogens (tertiary/aromatic N) is 2. The number of hydrogen-bond acceptors (Lipinski definition) is 3. The number of nitrogens with one attached hydrogen (secondary N) is 1. The van der Waals surface area contributed by atoms with Crippen LogP contribution in [0.4, 0.5) is 0 Å². The van der Waals surface area contributed by atoms with Crippen LogP contribution in [0.1, 0.15) is 29.7 Å². The molecule has 0 amide bonds. The summed E-state index contributed by atoms with van der Waals surface area (Å²) in [5, 5.41) is 3.65. The van der Waals surface area contributed by atoms with E-state index in [1.54, 1.807) is 0 Å². The molecule has 20 heavy (non-hydrogen) atoms. The van der Waals surface area contributed by atoms with Crippen molar-refractivity contribution in [2.75, 3.05) is 46.3 Å². The Hall–Kier alpha value is -0.900. The summed E-state index contributed by atoms with van der Waals surface area (Å²) in [7, 11) is 2.21. The summed E-state index contributed by atoms with van der Waals surface area (Å²) in [6, 6.07) is 7.21. The van der Waals surface area contributed by atoms with E-state index in [2.05, 4.69) is 61.1 Å². The van der Waals surface area contributed by atoms with Gasteiger partial charge in [0.2, 0.25) is 0 Å². The molecule has 1 unspecified atom stereocenters. The van der Waals surface area contributed by atoms with Crippen molar-refractivity contribution in [1.82, 2.24) is 15.1 Å². The van der Waals surface area contributed by atoms with Crippen molar-refractivity contribution in [3.8, 4) is 0 Å². The predicted octanol–water partition coefficient (Wildman–Crippen LogP) is 2.20. The molecule has 2 rings (SSSR count). The molecule has 1 aromatic carbocycles. The molecule has 0 aromatic heterocycles. The fourth-order valence-electron chi connectivity index (χ4n) is 2.66. The van der Waals surface area contributed by atoms with Crippen molar-refractivity contribution in [2.24, 2.45) is 0 Å². The zero-order valence-corrected chi connectivity index (χ0v) is 13.4. The minimum Gasteiger partial charge on any atom is -0.309 e. The van der Waals surface area contributed by atoms with Crippen LogP contribution >= 0.6 is 0 Å². The van der Waals surface area contributed by atoms with Gasteiger partial charge in [0.05, 0.1) is 0 Å². The first-order valence-corrected chi connectivity index (χ1v) is 7.77. The standard InChI is InChI=1S/C17H29N3/c1-14-5-6-17(13-15(14)2)16(3)18-7-8-20-11-9-19(4)10-12-20/h5-6,13,16,18H,7-12H2,1-4H3. The maximum Gasteiger partial charge on any atom is 0.0292 e. The number of aryl methyl sites for hydroxylation is 2. The van der Waals surface area contributed by atoms with Crippen molar-refractivity contribution in [1.29, 1.82) is 0 Å². The lowest BCUT2D eigenvalue weighted by molar-refractivity contribution is 0.154. The van der Waals surface area contributed by atoms with Crippen molar-refractivity contribution in [2.45, 2.75) is 26.8 Å². The fraction of sp³-hybridized carbons (Fsp3) is 0.647. The highest BCUT2D eigenvalue weighted by Crippen LogP contribution is 2.16. The van der Waals surface area contributed by atoms with Crippen LogP contribution in [0.25, 0.3) is 0 Å². The van der Waals surface area contributed by atoms with Gasteiger partial charge in [-0.1, -0.05) is 18.2 Å². The lowest BCUT2D eigenvalue weighted by atomic mass is 10.0. The van der Waals surface area contributed by atoms with E-state index >= 15 is 0 Å². The van der Waals surface area contributed by atoms with E-state index in [0.717, 1.165) is 13.1 Å². The summed E-state index contributed by atoms with van der Waals surface area (Å²) < 4.78 is 0. The monoisotopic (exact) mass is 275 g/mol. The predicted molar refractivity (Wildman–Crippen MR) is 86.3 cm³/mol.